The van der Waals surface area contributed by atoms with Crippen LogP contribution in [0.25, 0.3) is 0 Å². The van der Waals surface area contributed by atoms with Crippen molar-refractivity contribution in [2.75, 3.05) is 0 Å². The summed E-state index contributed by atoms with van der Waals surface area (Å²) in [5.41, 5.74) is 2.23. The maximum absolute atomic E-state index is 12.2. The van der Waals surface area contributed by atoms with Gasteiger partial charge in [0, 0.05) is 0 Å². The largest absolute Gasteiger partial charge is 0.471 e. The highest BCUT2D eigenvalue weighted by Crippen LogP contribution is 2.30. The molecule has 0 fully saturated rings. The first-order valence-electron chi connectivity index (χ1n) is 5.10. The molecule has 0 unspecified atom stereocenters. The zero-order chi connectivity index (χ0) is 12.2. The van der Waals surface area contributed by atoms with Crippen LogP contribution in [0.4, 0.5) is 0 Å². The fourth-order valence-corrected chi connectivity index (χ4v) is 2.09. The van der Waals surface area contributed by atoms with Gasteiger partial charge in [0.1, 0.15) is 12.5 Å². The molecule has 0 N–H and O–H groups in total. The maximum atomic E-state index is 12.2. The third-order valence-electron chi connectivity index (χ3n) is 2.93. The van der Waals surface area contributed by atoms with Gasteiger partial charge in [-0.2, -0.15) is 10.2 Å². The number of hydrogen-bond acceptors (Lipinski definition) is 5. The smallest absolute Gasteiger partial charge is 0.199 e. The van der Waals surface area contributed by atoms with Crippen molar-refractivity contribution >= 4 is 11.6 Å². The summed E-state index contributed by atoms with van der Waals surface area (Å²) in [6.45, 7) is 3.34. The van der Waals surface area contributed by atoms with Crippen LogP contribution in [-0.4, -0.2) is 21.8 Å². The monoisotopic (exact) mass is 228 g/mol. The molecule has 0 saturated carbocycles. The summed E-state index contributed by atoms with van der Waals surface area (Å²) in [6, 6.07) is 0. The second-order valence-corrected chi connectivity index (χ2v) is 3.98. The van der Waals surface area contributed by atoms with Crippen LogP contribution in [0.1, 0.15) is 43.2 Å². The first-order chi connectivity index (χ1) is 8.11. The van der Waals surface area contributed by atoms with Crippen LogP contribution in [0.2, 0.25) is 0 Å². The number of aromatic nitrogens is 2. The molecule has 0 saturated heterocycles. The van der Waals surface area contributed by atoms with Gasteiger partial charge in [0.2, 0.25) is 0 Å². The zero-order valence-electron chi connectivity index (χ0n) is 9.27. The number of aryl methyl sites for hydroxylation is 2. The predicted molar refractivity (Wildman–Crippen MR) is 57.1 cm³/mol. The molecule has 0 spiro atoms. The molecule has 5 heteroatoms. The van der Waals surface area contributed by atoms with E-state index >= 15 is 0 Å². The van der Waals surface area contributed by atoms with E-state index in [4.69, 9.17) is 4.42 Å². The molecule has 0 aromatic carbocycles. The first kappa shape index (κ1) is 9.89. The van der Waals surface area contributed by atoms with Crippen molar-refractivity contribution in [1.29, 1.82) is 0 Å². The number of carbonyl (C=O) groups excluding carboxylic acids is 2. The van der Waals surface area contributed by atoms with Crippen LogP contribution < -0.4 is 0 Å². The Morgan fingerprint density at radius 3 is 1.71 bits per heavy atom. The third kappa shape index (κ3) is 1.13. The lowest BCUT2D eigenvalue weighted by molar-refractivity contribution is 0.0977. The molecule has 5 nitrogen and oxygen atoms in total. The average Bonchev–Trinajstić information content (AvgIpc) is 2.78. The van der Waals surface area contributed by atoms with Crippen molar-refractivity contribution in [1.82, 2.24) is 10.2 Å². The summed E-state index contributed by atoms with van der Waals surface area (Å²) in [4.78, 5) is 24.4. The molecule has 2 aromatic rings. The van der Waals surface area contributed by atoms with Gasteiger partial charge < -0.3 is 4.42 Å². The molecule has 0 bridgehead atoms. The highest BCUT2D eigenvalue weighted by Gasteiger charge is 2.34. The van der Waals surface area contributed by atoms with Crippen LogP contribution in [-0.2, 0) is 0 Å². The molecule has 0 radical (unpaired) electrons. The van der Waals surface area contributed by atoms with Crippen molar-refractivity contribution < 1.29 is 14.0 Å². The molecule has 3 rings (SSSR count). The molecule has 84 valence electrons. The van der Waals surface area contributed by atoms with Crippen LogP contribution in [0.3, 0.4) is 0 Å². The van der Waals surface area contributed by atoms with E-state index in [1.807, 2.05) is 0 Å². The molecular formula is C12H8N2O3. The van der Waals surface area contributed by atoms with Crippen molar-refractivity contribution in [2.45, 2.75) is 13.8 Å². The SMILES string of the molecule is Cc1nnc(C)c2c1C(=O)c1cocc1C2=O. The predicted octanol–water partition coefficient (Wildman–Crippen LogP) is 1.46. The number of hydrogen-bond donors (Lipinski definition) is 0. The summed E-state index contributed by atoms with van der Waals surface area (Å²) >= 11 is 0. The van der Waals surface area contributed by atoms with E-state index in [9.17, 15) is 9.59 Å². The number of rotatable bonds is 0. The lowest BCUT2D eigenvalue weighted by Crippen LogP contribution is -2.23. The Kier molecular flexibility index (Phi) is 1.80. The Labute approximate surface area is 96.5 Å². The van der Waals surface area contributed by atoms with Gasteiger partial charge in [0.15, 0.2) is 11.6 Å². The summed E-state index contributed by atoms with van der Waals surface area (Å²) in [6.07, 6.45) is 2.60. The summed E-state index contributed by atoms with van der Waals surface area (Å²) in [7, 11) is 0. The standard InChI is InChI=1S/C12H8N2O3/c1-5-9-10(6(2)14-13-5)12(16)8-4-17-3-7(8)11(9)15/h3-4H,1-2H3. The number of nitrogens with zero attached hydrogens (tertiary/aromatic N) is 2. The van der Waals surface area contributed by atoms with Gasteiger partial charge in [-0.05, 0) is 13.8 Å². The molecular weight excluding hydrogens is 220 g/mol. The second kappa shape index (κ2) is 3.10. The van der Waals surface area contributed by atoms with Gasteiger partial charge in [-0.3, -0.25) is 9.59 Å². The normalized spacial score (nSPS) is 13.5. The third-order valence-corrected chi connectivity index (χ3v) is 2.93. The van der Waals surface area contributed by atoms with E-state index < -0.39 is 0 Å². The van der Waals surface area contributed by atoms with Gasteiger partial charge in [-0.15, -0.1) is 0 Å². The van der Waals surface area contributed by atoms with E-state index in [-0.39, 0.29) is 11.6 Å². The Hall–Kier alpha value is -2.30. The second-order valence-electron chi connectivity index (χ2n) is 3.98. The number of fused-ring (bicyclic) bond motifs is 2. The fraction of sp³-hybridized carbons (Fsp3) is 0.167. The van der Waals surface area contributed by atoms with E-state index in [1.54, 1.807) is 13.8 Å². The minimum absolute atomic E-state index is 0.223. The van der Waals surface area contributed by atoms with Gasteiger partial charge in [-0.1, -0.05) is 0 Å². The van der Waals surface area contributed by atoms with Crippen molar-refractivity contribution in [3.8, 4) is 0 Å². The highest BCUT2D eigenvalue weighted by atomic mass is 16.3. The Morgan fingerprint density at radius 2 is 1.29 bits per heavy atom. The Balaban J connectivity index is 2.42. The summed E-state index contributed by atoms with van der Waals surface area (Å²) < 4.78 is 4.94. The van der Waals surface area contributed by atoms with Crippen LogP contribution in [0.5, 0.6) is 0 Å². The average molecular weight is 228 g/mol. The van der Waals surface area contributed by atoms with Crippen molar-refractivity contribution in [3.05, 3.63) is 46.2 Å². The minimum Gasteiger partial charge on any atom is -0.471 e. The molecule has 0 aliphatic heterocycles. The summed E-state index contributed by atoms with van der Waals surface area (Å²) in [5.74, 6) is -0.447. The maximum Gasteiger partial charge on any atom is 0.199 e. The van der Waals surface area contributed by atoms with Gasteiger partial charge in [0.05, 0.1) is 33.6 Å². The van der Waals surface area contributed by atoms with Gasteiger partial charge >= 0.3 is 0 Å². The molecule has 1 aliphatic carbocycles. The van der Waals surface area contributed by atoms with Gasteiger partial charge in [0.25, 0.3) is 0 Å². The van der Waals surface area contributed by atoms with Crippen LogP contribution in [0.15, 0.2) is 16.9 Å². The lowest BCUT2D eigenvalue weighted by Gasteiger charge is -2.15. The quantitative estimate of drug-likeness (QED) is 0.582. The van der Waals surface area contributed by atoms with Crippen molar-refractivity contribution in [3.63, 3.8) is 0 Å². The fourth-order valence-electron chi connectivity index (χ4n) is 2.09. The van der Waals surface area contributed by atoms with E-state index in [2.05, 4.69) is 10.2 Å². The molecule has 0 amide bonds. The Bertz CT molecular complexity index is 615. The first-order valence-corrected chi connectivity index (χ1v) is 5.10. The van der Waals surface area contributed by atoms with E-state index in [0.29, 0.717) is 33.6 Å². The molecule has 17 heavy (non-hydrogen) atoms. The van der Waals surface area contributed by atoms with E-state index in [0.717, 1.165) is 0 Å². The minimum atomic E-state index is -0.223. The zero-order valence-corrected chi connectivity index (χ0v) is 9.27. The topological polar surface area (TPSA) is 73.1 Å². The molecule has 2 aromatic heterocycles. The lowest BCUT2D eigenvalue weighted by atomic mass is 9.85. The van der Waals surface area contributed by atoms with E-state index in [1.165, 1.54) is 12.5 Å². The number of carbonyl (C=O) groups is 2. The van der Waals surface area contributed by atoms with Gasteiger partial charge in [-0.25, -0.2) is 0 Å². The van der Waals surface area contributed by atoms with Crippen LogP contribution in [0, 0.1) is 13.8 Å². The number of ketones is 2. The molecule has 1 aliphatic rings. The molecule has 0 atom stereocenters. The summed E-state index contributed by atoms with van der Waals surface area (Å²) in [5, 5.41) is 7.76. The van der Waals surface area contributed by atoms with Crippen molar-refractivity contribution in [2.24, 2.45) is 0 Å². The number of furan rings is 1. The van der Waals surface area contributed by atoms with Crippen LogP contribution >= 0.6 is 0 Å². The highest BCUT2D eigenvalue weighted by molar-refractivity contribution is 6.28. The Morgan fingerprint density at radius 1 is 0.882 bits per heavy atom. The molecule has 2 heterocycles.